The Balaban J connectivity index is 2.09. The first-order valence-electron chi connectivity index (χ1n) is 7.53. The number of carbonyl (C=O) groups excluding carboxylic acids is 1. The smallest absolute Gasteiger partial charge is 0.242 e. The van der Waals surface area contributed by atoms with Gasteiger partial charge in [0.1, 0.15) is 6.04 Å². The van der Waals surface area contributed by atoms with E-state index in [2.05, 4.69) is 18.0 Å². The van der Waals surface area contributed by atoms with Crippen molar-refractivity contribution in [2.45, 2.75) is 18.9 Å². The van der Waals surface area contributed by atoms with Gasteiger partial charge in [0.25, 0.3) is 0 Å². The predicted molar refractivity (Wildman–Crippen MR) is 85.5 cm³/mol. The minimum absolute atomic E-state index is 0.0411. The van der Waals surface area contributed by atoms with Crippen LogP contribution in [-0.4, -0.2) is 50.1 Å². The van der Waals surface area contributed by atoms with Gasteiger partial charge in [0, 0.05) is 5.92 Å². The normalized spacial score (nSPS) is 18.5. The number of benzene rings is 1. The summed E-state index contributed by atoms with van der Waals surface area (Å²) in [5.74, 6) is -0.0240. The Morgan fingerprint density at radius 2 is 1.95 bits per heavy atom. The van der Waals surface area contributed by atoms with Gasteiger partial charge in [-0.15, -0.1) is 0 Å². The fourth-order valence-corrected chi connectivity index (χ4v) is 3.00. The van der Waals surface area contributed by atoms with Gasteiger partial charge in [0.15, 0.2) is 0 Å². The maximum atomic E-state index is 12.7. The number of nitrogens with one attached hydrogen (secondary N) is 2. The molecule has 118 valence electrons. The summed E-state index contributed by atoms with van der Waals surface area (Å²) in [6, 6.07) is 8.92. The summed E-state index contributed by atoms with van der Waals surface area (Å²) in [5.41, 5.74) is 1.60. The van der Waals surface area contributed by atoms with E-state index in [0.29, 0.717) is 5.56 Å². The Kier molecular flexibility index (Phi) is 5.78. The topological polar surface area (TPSA) is 60.6 Å². The van der Waals surface area contributed by atoms with Crippen LogP contribution in [-0.2, 0) is 4.79 Å². The molecule has 0 aliphatic carbocycles. The van der Waals surface area contributed by atoms with Crippen LogP contribution in [0.25, 0.3) is 0 Å². The van der Waals surface area contributed by atoms with Crippen molar-refractivity contribution >= 4 is 17.7 Å². The zero-order chi connectivity index (χ0) is 16.1. The van der Waals surface area contributed by atoms with Crippen LogP contribution >= 0.6 is 11.8 Å². The van der Waals surface area contributed by atoms with Gasteiger partial charge in [-0.25, -0.2) is 4.84 Å². The molecule has 6 heteroatoms. The Morgan fingerprint density at radius 3 is 2.45 bits per heavy atom. The van der Waals surface area contributed by atoms with Crippen LogP contribution in [0.15, 0.2) is 24.3 Å². The van der Waals surface area contributed by atoms with Gasteiger partial charge in [-0.1, -0.05) is 19.1 Å². The van der Waals surface area contributed by atoms with Crippen LogP contribution in [0.2, 0.25) is 0 Å². The second-order valence-electron chi connectivity index (χ2n) is 5.89. The van der Waals surface area contributed by atoms with E-state index >= 15 is 0 Å². The van der Waals surface area contributed by atoms with E-state index < -0.39 is 6.04 Å². The van der Waals surface area contributed by atoms with Crippen molar-refractivity contribution in [2.75, 3.05) is 33.2 Å². The number of hydrogen-bond acceptors (Lipinski definition) is 3. The molecule has 2 rings (SSSR count). The minimum atomic E-state index is -0.465. The molecule has 1 aromatic rings. The van der Waals surface area contributed by atoms with Crippen molar-refractivity contribution in [3.63, 3.8) is 0 Å². The van der Waals surface area contributed by atoms with Gasteiger partial charge in [0.2, 0.25) is 5.91 Å². The molecular formula is C16H22ClN4O+. The van der Waals surface area contributed by atoms with E-state index in [-0.39, 0.29) is 11.8 Å². The number of halogens is 1. The highest BCUT2D eigenvalue weighted by atomic mass is 35.5. The number of rotatable bonds is 4. The molecule has 1 fully saturated rings. The van der Waals surface area contributed by atoms with E-state index in [4.69, 9.17) is 17.0 Å². The predicted octanol–water partition coefficient (Wildman–Crippen LogP) is 0.131. The van der Waals surface area contributed by atoms with Crippen molar-refractivity contribution in [1.29, 1.82) is 5.26 Å². The quantitative estimate of drug-likeness (QED) is 0.775. The zero-order valence-corrected chi connectivity index (χ0v) is 13.7. The summed E-state index contributed by atoms with van der Waals surface area (Å²) in [5, 5.41) is 8.86. The van der Waals surface area contributed by atoms with Crippen LogP contribution in [0.1, 0.15) is 24.0 Å². The zero-order valence-electron chi connectivity index (χ0n) is 13.0. The summed E-state index contributed by atoms with van der Waals surface area (Å²) in [6.45, 7) is 5.43. The van der Waals surface area contributed by atoms with Gasteiger partial charge in [-0.05, 0) is 29.5 Å². The molecule has 0 bridgehead atoms. The Morgan fingerprint density at radius 1 is 1.36 bits per heavy atom. The van der Waals surface area contributed by atoms with Gasteiger partial charge in [-0.3, -0.25) is 4.79 Å². The van der Waals surface area contributed by atoms with E-state index in [0.717, 1.165) is 31.7 Å². The lowest BCUT2D eigenvalue weighted by atomic mass is 9.92. The van der Waals surface area contributed by atoms with Gasteiger partial charge in [0.05, 0.1) is 44.9 Å². The summed E-state index contributed by atoms with van der Waals surface area (Å²) >= 11 is 5.86. The molecule has 0 saturated carbocycles. The number of piperazine rings is 1. The SMILES string of the molecule is CC(c1ccc(C#N)cc1)[C@@H](NCl)C(=O)N1CC[NH+](C)CC1. The van der Waals surface area contributed by atoms with Crippen molar-refractivity contribution in [3.8, 4) is 6.07 Å². The summed E-state index contributed by atoms with van der Waals surface area (Å²) in [7, 11) is 2.14. The molecule has 2 N–H and O–H groups in total. The maximum Gasteiger partial charge on any atom is 0.242 e. The fourth-order valence-electron chi connectivity index (χ4n) is 2.71. The van der Waals surface area contributed by atoms with Crippen molar-refractivity contribution in [2.24, 2.45) is 0 Å². The molecule has 5 nitrogen and oxygen atoms in total. The molecule has 0 spiro atoms. The van der Waals surface area contributed by atoms with Gasteiger partial charge < -0.3 is 9.80 Å². The number of nitriles is 1. The van der Waals surface area contributed by atoms with Crippen molar-refractivity contribution in [3.05, 3.63) is 35.4 Å². The number of nitrogens with zero attached hydrogens (tertiary/aromatic N) is 2. The van der Waals surface area contributed by atoms with Crippen LogP contribution < -0.4 is 9.74 Å². The molecule has 1 saturated heterocycles. The largest absolute Gasteiger partial charge is 0.334 e. The number of amides is 1. The third-order valence-corrected chi connectivity index (χ3v) is 4.61. The van der Waals surface area contributed by atoms with Crippen LogP contribution in [0.4, 0.5) is 0 Å². The molecule has 0 aromatic heterocycles. The Labute approximate surface area is 136 Å². The first-order valence-corrected chi connectivity index (χ1v) is 7.91. The highest BCUT2D eigenvalue weighted by Crippen LogP contribution is 2.22. The maximum absolute atomic E-state index is 12.7. The molecule has 0 radical (unpaired) electrons. The van der Waals surface area contributed by atoms with Gasteiger partial charge >= 0.3 is 0 Å². The second kappa shape index (κ2) is 7.59. The van der Waals surface area contributed by atoms with E-state index in [1.54, 1.807) is 12.1 Å². The molecule has 22 heavy (non-hydrogen) atoms. The second-order valence-corrected chi connectivity index (χ2v) is 6.11. The van der Waals surface area contributed by atoms with E-state index in [1.165, 1.54) is 4.90 Å². The Hall–Kier alpha value is -1.61. The van der Waals surface area contributed by atoms with Crippen LogP contribution in [0.5, 0.6) is 0 Å². The summed E-state index contributed by atoms with van der Waals surface area (Å²) in [4.78, 5) is 18.7. The number of carbonyl (C=O) groups is 1. The third kappa shape index (κ3) is 3.77. The monoisotopic (exact) mass is 321 g/mol. The minimum Gasteiger partial charge on any atom is -0.334 e. The van der Waals surface area contributed by atoms with Crippen molar-refractivity contribution < 1.29 is 9.69 Å². The highest BCUT2D eigenvalue weighted by Gasteiger charge is 2.31. The van der Waals surface area contributed by atoms with Crippen LogP contribution in [0.3, 0.4) is 0 Å². The third-order valence-electron chi connectivity index (χ3n) is 4.38. The summed E-state index contributed by atoms with van der Waals surface area (Å²) < 4.78 is 0. The first-order chi connectivity index (χ1) is 10.6. The standard InChI is InChI=1S/C16H21ClN4O/c1-12(14-5-3-13(11-18)4-6-14)15(19-17)16(22)21-9-7-20(2)8-10-21/h3-6,12,15,19H,7-10H2,1-2H3/p+1/t12?,15-/m1/s1. The van der Waals surface area contributed by atoms with E-state index in [1.807, 2.05) is 24.0 Å². The van der Waals surface area contributed by atoms with Crippen molar-refractivity contribution in [1.82, 2.24) is 9.74 Å². The average Bonchev–Trinajstić information content (AvgIpc) is 2.56. The molecule has 2 atom stereocenters. The Bertz CT molecular complexity index is 546. The highest BCUT2D eigenvalue weighted by molar-refractivity contribution is 6.15. The lowest BCUT2D eigenvalue weighted by molar-refractivity contribution is -0.883. The molecule has 1 amide bonds. The molecule has 1 aliphatic rings. The van der Waals surface area contributed by atoms with Crippen LogP contribution in [0, 0.1) is 11.3 Å². The number of hydrogen-bond donors (Lipinski definition) is 2. The molecule has 1 aromatic carbocycles. The van der Waals surface area contributed by atoms with Gasteiger partial charge in [-0.2, -0.15) is 5.26 Å². The lowest BCUT2D eigenvalue weighted by Crippen LogP contribution is -3.12. The van der Waals surface area contributed by atoms with E-state index in [9.17, 15) is 4.79 Å². The number of likely N-dealkylation sites (N-methyl/N-ethyl adjacent to an activating group) is 1. The number of quaternary nitrogens is 1. The average molecular weight is 322 g/mol. The lowest BCUT2D eigenvalue weighted by Gasteiger charge is -2.33. The summed E-state index contributed by atoms with van der Waals surface area (Å²) in [6.07, 6.45) is 0. The molecule has 1 aliphatic heterocycles. The molecule has 1 unspecified atom stereocenters. The molecule has 1 heterocycles. The molecular weight excluding hydrogens is 300 g/mol. The first kappa shape index (κ1) is 16.8. The fraction of sp³-hybridized carbons (Fsp3) is 0.500.